The lowest BCUT2D eigenvalue weighted by Gasteiger charge is -2.31. The molecule has 0 bridgehead atoms. The van der Waals surface area contributed by atoms with Crippen LogP contribution in [0.2, 0.25) is 0 Å². The first-order valence-corrected chi connectivity index (χ1v) is 13.9. The van der Waals surface area contributed by atoms with E-state index in [0.717, 1.165) is 39.3 Å². The van der Waals surface area contributed by atoms with Gasteiger partial charge in [-0.05, 0) is 43.0 Å². The zero-order valence-corrected chi connectivity index (χ0v) is 22.2. The first kappa shape index (κ1) is 24.5. The van der Waals surface area contributed by atoms with Crippen LogP contribution in [0.3, 0.4) is 0 Å². The highest BCUT2D eigenvalue weighted by Gasteiger charge is 2.29. The van der Waals surface area contributed by atoms with Crippen molar-refractivity contribution in [2.24, 2.45) is 5.92 Å². The second-order valence-electron chi connectivity index (χ2n) is 9.73. The van der Waals surface area contributed by atoms with Crippen LogP contribution in [0.4, 0.5) is 5.69 Å². The van der Waals surface area contributed by atoms with Crippen molar-refractivity contribution in [3.05, 3.63) is 60.9 Å². The zero-order chi connectivity index (χ0) is 26.1. The first-order chi connectivity index (χ1) is 18.6. The highest BCUT2D eigenvalue weighted by atomic mass is 32.2. The Bertz CT molecular complexity index is 1600. The third kappa shape index (κ3) is 4.62. The van der Waals surface area contributed by atoms with E-state index in [4.69, 9.17) is 9.15 Å². The summed E-state index contributed by atoms with van der Waals surface area (Å²) in [7, 11) is 1.60. The molecule has 1 aliphatic carbocycles. The van der Waals surface area contributed by atoms with Crippen LogP contribution in [-0.2, 0) is 4.79 Å². The molecule has 0 spiro atoms. The number of para-hydroxylation sites is 1. The van der Waals surface area contributed by atoms with Crippen LogP contribution < -0.4 is 10.1 Å². The predicted octanol–water partition coefficient (Wildman–Crippen LogP) is 6.73. The molecule has 0 aliphatic heterocycles. The average Bonchev–Trinajstić information content (AvgIpc) is 3.53. The van der Waals surface area contributed by atoms with Crippen molar-refractivity contribution in [1.29, 1.82) is 0 Å². The van der Waals surface area contributed by atoms with Crippen molar-refractivity contribution in [2.45, 2.75) is 43.8 Å². The van der Waals surface area contributed by atoms with Crippen LogP contribution in [0.1, 0.15) is 38.6 Å². The molecule has 0 unspecified atom stereocenters. The number of furan rings is 1. The molecular formula is C29H29N5O3S. The summed E-state index contributed by atoms with van der Waals surface area (Å²) >= 11 is 1.40. The summed E-state index contributed by atoms with van der Waals surface area (Å²) in [5.41, 5.74) is 2.99. The Labute approximate surface area is 224 Å². The van der Waals surface area contributed by atoms with E-state index >= 15 is 0 Å². The molecule has 1 N–H and O–H groups in total. The number of nitrogens with one attached hydrogen (secondary N) is 1. The van der Waals surface area contributed by atoms with Gasteiger partial charge in [-0.1, -0.05) is 49.7 Å². The highest BCUT2D eigenvalue weighted by molar-refractivity contribution is 7.99. The van der Waals surface area contributed by atoms with Gasteiger partial charge < -0.3 is 14.5 Å². The van der Waals surface area contributed by atoms with Gasteiger partial charge in [-0.25, -0.2) is 0 Å². The summed E-state index contributed by atoms with van der Waals surface area (Å²) in [5, 5.41) is 14.7. The Morgan fingerprint density at radius 3 is 2.79 bits per heavy atom. The number of hydrogen-bond acceptors (Lipinski definition) is 7. The van der Waals surface area contributed by atoms with E-state index in [0.29, 0.717) is 22.9 Å². The molecule has 1 aliphatic rings. The van der Waals surface area contributed by atoms with Gasteiger partial charge in [-0.2, -0.15) is 0 Å². The van der Waals surface area contributed by atoms with E-state index in [1.807, 2.05) is 54.7 Å². The van der Waals surface area contributed by atoms with Crippen molar-refractivity contribution in [1.82, 2.24) is 19.7 Å². The molecule has 2 aromatic carbocycles. The number of amides is 1. The van der Waals surface area contributed by atoms with Gasteiger partial charge in [0.2, 0.25) is 5.91 Å². The lowest BCUT2D eigenvalue weighted by molar-refractivity contribution is -0.113. The third-order valence-electron chi connectivity index (χ3n) is 7.29. The number of aromatic nitrogens is 4. The Kier molecular flexibility index (Phi) is 6.76. The fraction of sp³-hybridized carbons (Fsp3) is 0.310. The standard InChI is InChI=1S/C29H29N5O3S/c1-18-8-3-5-11-23(18)34-28(19-9-7-13-30-16-19)32-33-29(34)38-17-27(35)31-22-15-25-21(14-26(22)36-2)20-10-4-6-12-24(20)37-25/h4,6-7,9-10,12-16,18,23H,3,5,8,11,17H2,1-2H3,(H,31,35)/t18-,23-/m1/s1. The van der Waals surface area contributed by atoms with Crippen molar-refractivity contribution >= 4 is 45.3 Å². The summed E-state index contributed by atoms with van der Waals surface area (Å²) < 4.78 is 13.8. The average molecular weight is 528 g/mol. The number of fused-ring (bicyclic) bond motifs is 3. The van der Waals surface area contributed by atoms with Crippen LogP contribution in [0, 0.1) is 5.92 Å². The Balaban J connectivity index is 1.25. The maximum Gasteiger partial charge on any atom is 0.234 e. The molecule has 194 valence electrons. The molecule has 0 saturated heterocycles. The van der Waals surface area contributed by atoms with Gasteiger partial charge in [0.25, 0.3) is 0 Å². The minimum Gasteiger partial charge on any atom is -0.495 e. The van der Waals surface area contributed by atoms with E-state index in [9.17, 15) is 4.79 Å². The van der Waals surface area contributed by atoms with Crippen molar-refractivity contribution in [2.75, 3.05) is 18.2 Å². The van der Waals surface area contributed by atoms with Crippen LogP contribution in [-0.4, -0.2) is 38.5 Å². The number of anilines is 1. The Morgan fingerprint density at radius 2 is 1.97 bits per heavy atom. The summed E-state index contributed by atoms with van der Waals surface area (Å²) in [6.07, 6.45) is 8.23. The van der Waals surface area contributed by atoms with Crippen LogP contribution in [0.25, 0.3) is 33.3 Å². The largest absolute Gasteiger partial charge is 0.495 e. The predicted molar refractivity (Wildman–Crippen MR) is 150 cm³/mol. The molecule has 6 rings (SSSR count). The van der Waals surface area contributed by atoms with E-state index in [1.165, 1.54) is 31.0 Å². The molecule has 2 atom stereocenters. The molecule has 38 heavy (non-hydrogen) atoms. The molecular weight excluding hydrogens is 498 g/mol. The number of rotatable bonds is 7. The minimum absolute atomic E-state index is 0.155. The minimum atomic E-state index is -0.155. The first-order valence-electron chi connectivity index (χ1n) is 12.9. The highest BCUT2D eigenvalue weighted by Crippen LogP contribution is 2.39. The monoisotopic (exact) mass is 527 g/mol. The van der Waals surface area contributed by atoms with Gasteiger partial charge in [0.05, 0.1) is 18.6 Å². The van der Waals surface area contributed by atoms with E-state index in [-0.39, 0.29) is 17.7 Å². The quantitative estimate of drug-likeness (QED) is 0.234. The molecule has 1 fully saturated rings. The number of hydrogen-bond donors (Lipinski definition) is 1. The third-order valence-corrected chi connectivity index (χ3v) is 8.23. The SMILES string of the molecule is COc1cc2c(cc1NC(=O)CSc1nnc(-c3cccnc3)n1[C@@H]1CCCC[C@H]1C)oc1ccccc12. The number of carbonyl (C=O) groups is 1. The smallest absolute Gasteiger partial charge is 0.234 e. The molecule has 1 amide bonds. The molecule has 1 saturated carbocycles. The number of ether oxygens (including phenoxy) is 1. The van der Waals surface area contributed by atoms with Crippen LogP contribution in [0.5, 0.6) is 5.75 Å². The maximum absolute atomic E-state index is 13.1. The van der Waals surface area contributed by atoms with Crippen molar-refractivity contribution in [3.63, 3.8) is 0 Å². The number of pyridine rings is 1. The number of carbonyl (C=O) groups excluding carboxylic acids is 1. The normalized spacial score (nSPS) is 17.6. The Morgan fingerprint density at radius 1 is 1.11 bits per heavy atom. The lowest BCUT2D eigenvalue weighted by atomic mass is 9.85. The Hall–Kier alpha value is -3.85. The van der Waals surface area contributed by atoms with Crippen LogP contribution in [0.15, 0.2) is 70.5 Å². The van der Waals surface area contributed by atoms with Gasteiger partial charge in [-0.3, -0.25) is 14.3 Å². The summed E-state index contributed by atoms with van der Waals surface area (Å²) in [6, 6.07) is 15.8. The molecule has 3 heterocycles. The van der Waals surface area contributed by atoms with Gasteiger partial charge in [0, 0.05) is 40.8 Å². The zero-order valence-electron chi connectivity index (χ0n) is 21.4. The van der Waals surface area contributed by atoms with Crippen molar-refractivity contribution < 1.29 is 13.9 Å². The number of methoxy groups -OCH3 is 1. The topological polar surface area (TPSA) is 95.1 Å². The second kappa shape index (κ2) is 10.5. The fourth-order valence-electron chi connectivity index (χ4n) is 5.38. The maximum atomic E-state index is 13.1. The van der Waals surface area contributed by atoms with Gasteiger partial charge in [0.15, 0.2) is 11.0 Å². The molecule has 0 radical (unpaired) electrons. The summed E-state index contributed by atoms with van der Waals surface area (Å²) in [4.78, 5) is 17.4. The van der Waals surface area contributed by atoms with E-state index < -0.39 is 0 Å². The van der Waals surface area contributed by atoms with E-state index in [2.05, 4.69) is 32.0 Å². The lowest BCUT2D eigenvalue weighted by Crippen LogP contribution is -2.23. The molecule has 8 nitrogen and oxygen atoms in total. The number of thioether (sulfide) groups is 1. The number of benzene rings is 2. The van der Waals surface area contributed by atoms with E-state index in [1.54, 1.807) is 13.3 Å². The van der Waals surface area contributed by atoms with Crippen molar-refractivity contribution in [3.8, 4) is 17.1 Å². The van der Waals surface area contributed by atoms with Gasteiger partial charge >= 0.3 is 0 Å². The summed E-state index contributed by atoms with van der Waals surface area (Å²) in [5.74, 6) is 1.92. The van der Waals surface area contributed by atoms with Crippen LogP contribution >= 0.6 is 11.8 Å². The van der Waals surface area contributed by atoms with Gasteiger partial charge in [-0.15, -0.1) is 10.2 Å². The number of nitrogens with zero attached hydrogens (tertiary/aromatic N) is 4. The summed E-state index contributed by atoms with van der Waals surface area (Å²) in [6.45, 7) is 2.29. The van der Waals surface area contributed by atoms with Gasteiger partial charge in [0.1, 0.15) is 16.9 Å². The molecule has 9 heteroatoms. The molecule has 3 aromatic heterocycles. The molecule has 5 aromatic rings. The second-order valence-corrected chi connectivity index (χ2v) is 10.7. The fourth-order valence-corrected chi connectivity index (χ4v) is 6.17.